The molecule has 5 nitrogen and oxygen atoms in total. The molecule has 5 rings (SSSR count). The number of hydrogen-bond donors (Lipinski definition) is 1. The van der Waals surface area contributed by atoms with E-state index in [-0.39, 0.29) is 11.4 Å². The van der Waals surface area contributed by atoms with Crippen molar-refractivity contribution in [1.82, 2.24) is 19.9 Å². The number of aromatic nitrogens is 3. The van der Waals surface area contributed by atoms with Gasteiger partial charge in [0.1, 0.15) is 10.8 Å². The Morgan fingerprint density at radius 1 is 1.03 bits per heavy atom. The minimum atomic E-state index is -4.41. The van der Waals surface area contributed by atoms with E-state index in [2.05, 4.69) is 14.9 Å². The van der Waals surface area contributed by atoms with E-state index in [1.54, 1.807) is 11.3 Å². The second-order valence-corrected chi connectivity index (χ2v) is 9.32. The first-order valence-corrected chi connectivity index (χ1v) is 11.7. The maximum absolute atomic E-state index is 12.8. The average molecular weight is 503 g/mol. The molecule has 174 valence electrons. The fraction of sp³-hybridized carbons (Fsp3) is 0.208. The molecule has 1 aliphatic rings. The first-order valence-electron chi connectivity index (χ1n) is 10.5. The summed E-state index contributed by atoms with van der Waals surface area (Å²) in [5.74, 6) is 0.276. The molecule has 0 atom stereocenters. The van der Waals surface area contributed by atoms with Gasteiger partial charge in [-0.2, -0.15) is 13.2 Å². The smallest absolute Gasteiger partial charge is 0.306 e. The van der Waals surface area contributed by atoms with Gasteiger partial charge in [-0.15, -0.1) is 11.3 Å². The minimum absolute atomic E-state index is 0.273. The molecule has 2 aromatic carbocycles. The summed E-state index contributed by atoms with van der Waals surface area (Å²) in [5, 5.41) is 3.59. The van der Waals surface area contributed by atoms with Gasteiger partial charge in [-0.25, -0.2) is 9.97 Å². The third-order valence-corrected chi connectivity index (χ3v) is 6.85. The largest absolute Gasteiger partial charge is 0.416 e. The highest BCUT2D eigenvalue weighted by molar-refractivity contribution is 7.13. The number of fused-ring (bicyclic) bond motifs is 1. The van der Waals surface area contributed by atoms with E-state index in [1.165, 1.54) is 12.1 Å². The number of rotatable bonds is 4. The monoisotopic (exact) mass is 502 g/mol. The Morgan fingerprint density at radius 3 is 2.44 bits per heavy atom. The van der Waals surface area contributed by atoms with Crippen molar-refractivity contribution in [3.05, 3.63) is 91.8 Å². The molecule has 1 aliphatic heterocycles. The molecule has 34 heavy (non-hydrogen) atoms. The van der Waals surface area contributed by atoms with Crippen LogP contribution in [0.5, 0.6) is 0 Å². The second-order valence-electron chi connectivity index (χ2n) is 8.03. The van der Waals surface area contributed by atoms with E-state index in [9.17, 15) is 18.0 Å². The number of halogens is 4. The van der Waals surface area contributed by atoms with Crippen molar-refractivity contribution in [1.29, 1.82) is 0 Å². The van der Waals surface area contributed by atoms with Crippen LogP contribution in [0.1, 0.15) is 22.5 Å². The number of alkyl halides is 3. The van der Waals surface area contributed by atoms with E-state index < -0.39 is 11.7 Å². The Kier molecular flexibility index (Phi) is 6.01. The number of aromatic amines is 1. The molecular weight excluding hydrogens is 485 g/mol. The van der Waals surface area contributed by atoms with Crippen molar-refractivity contribution in [2.75, 3.05) is 6.54 Å². The van der Waals surface area contributed by atoms with Gasteiger partial charge in [0.2, 0.25) is 0 Å². The fourth-order valence-electron chi connectivity index (χ4n) is 3.90. The van der Waals surface area contributed by atoms with Crippen molar-refractivity contribution >= 4 is 22.9 Å². The lowest BCUT2D eigenvalue weighted by Gasteiger charge is -2.27. The lowest BCUT2D eigenvalue weighted by atomic mass is 10.1. The maximum Gasteiger partial charge on any atom is 0.416 e. The molecule has 2 aromatic heterocycles. The Balaban J connectivity index is 1.31. The van der Waals surface area contributed by atoms with E-state index >= 15 is 0 Å². The van der Waals surface area contributed by atoms with Crippen LogP contribution in [0.15, 0.2) is 58.7 Å². The number of H-pyrrole nitrogens is 1. The first kappa shape index (κ1) is 22.8. The van der Waals surface area contributed by atoms with Gasteiger partial charge in [0.25, 0.3) is 5.56 Å². The summed E-state index contributed by atoms with van der Waals surface area (Å²) < 4.78 is 38.5. The van der Waals surface area contributed by atoms with Gasteiger partial charge in [0, 0.05) is 47.6 Å². The number of thiazole rings is 1. The van der Waals surface area contributed by atoms with Crippen molar-refractivity contribution < 1.29 is 13.2 Å². The Morgan fingerprint density at radius 2 is 1.74 bits per heavy atom. The van der Waals surface area contributed by atoms with Gasteiger partial charge in [-0.05, 0) is 24.3 Å². The molecule has 4 aromatic rings. The number of nitrogens with zero attached hydrogens (tertiary/aromatic N) is 3. The predicted octanol–water partition coefficient (Wildman–Crippen LogP) is 5.79. The molecule has 0 spiro atoms. The van der Waals surface area contributed by atoms with Crippen molar-refractivity contribution in [3.63, 3.8) is 0 Å². The normalized spacial score (nSPS) is 14.2. The molecule has 0 radical (unpaired) electrons. The Hall–Kier alpha value is -3.01. The summed E-state index contributed by atoms with van der Waals surface area (Å²) in [7, 11) is 0. The highest BCUT2D eigenvalue weighted by Gasteiger charge is 2.30. The number of hydrogen-bond acceptors (Lipinski definition) is 5. The van der Waals surface area contributed by atoms with Gasteiger partial charge in [0.05, 0.1) is 22.5 Å². The number of benzene rings is 2. The van der Waals surface area contributed by atoms with Gasteiger partial charge in [-0.3, -0.25) is 9.69 Å². The zero-order valence-corrected chi connectivity index (χ0v) is 19.3. The summed E-state index contributed by atoms with van der Waals surface area (Å²) in [4.78, 5) is 26.9. The minimum Gasteiger partial charge on any atom is -0.306 e. The van der Waals surface area contributed by atoms with E-state index in [0.29, 0.717) is 47.9 Å². The molecule has 10 heteroatoms. The molecule has 0 fully saturated rings. The van der Waals surface area contributed by atoms with Gasteiger partial charge < -0.3 is 4.98 Å². The molecule has 0 unspecified atom stereocenters. The highest BCUT2D eigenvalue weighted by atomic mass is 35.5. The maximum atomic E-state index is 12.8. The van der Waals surface area contributed by atoms with E-state index in [1.807, 2.05) is 29.6 Å². The third kappa shape index (κ3) is 4.77. The van der Waals surface area contributed by atoms with Gasteiger partial charge in [-0.1, -0.05) is 35.9 Å². The van der Waals surface area contributed by atoms with Crippen molar-refractivity contribution in [2.45, 2.75) is 25.7 Å². The fourth-order valence-corrected chi connectivity index (χ4v) is 4.85. The molecule has 0 amide bonds. The van der Waals surface area contributed by atoms with E-state index in [0.717, 1.165) is 28.4 Å². The van der Waals surface area contributed by atoms with Crippen molar-refractivity contribution in [2.24, 2.45) is 0 Å². The van der Waals surface area contributed by atoms with Crippen LogP contribution in [0.4, 0.5) is 13.2 Å². The average Bonchev–Trinajstić information content (AvgIpc) is 3.28. The van der Waals surface area contributed by atoms with Crippen LogP contribution in [0, 0.1) is 0 Å². The van der Waals surface area contributed by atoms with Gasteiger partial charge in [0.15, 0.2) is 0 Å². The molecular formula is C24H18ClF3N4OS. The second kappa shape index (κ2) is 8.98. The predicted molar refractivity (Wildman–Crippen MR) is 126 cm³/mol. The Bertz CT molecular complexity index is 1380. The van der Waals surface area contributed by atoms with E-state index in [4.69, 9.17) is 16.6 Å². The topological polar surface area (TPSA) is 61.9 Å². The van der Waals surface area contributed by atoms with Crippen LogP contribution in [-0.4, -0.2) is 26.4 Å². The van der Waals surface area contributed by atoms with Crippen LogP contribution in [0.2, 0.25) is 5.02 Å². The number of nitrogens with one attached hydrogen (secondary N) is 1. The molecule has 3 heterocycles. The highest BCUT2D eigenvalue weighted by Crippen LogP contribution is 2.31. The molecule has 1 N–H and O–H groups in total. The van der Waals surface area contributed by atoms with Crippen LogP contribution < -0.4 is 5.56 Å². The Labute approximate surface area is 201 Å². The SMILES string of the molecule is O=c1[nH]c(-c2ccc(C(F)(F)F)cc2)nc2c1CN(Cc1csc(-c3ccc(Cl)cc3)n1)CC2. The van der Waals surface area contributed by atoms with Crippen LogP contribution in [-0.2, 0) is 25.7 Å². The van der Waals surface area contributed by atoms with Crippen molar-refractivity contribution in [3.8, 4) is 22.0 Å². The zero-order chi connectivity index (χ0) is 23.9. The first-order chi connectivity index (χ1) is 16.3. The molecule has 0 bridgehead atoms. The summed E-state index contributed by atoms with van der Waals surface area (Å²) in [5.41, 5.74) is 2.60. The van der Waals surface area contributed by atoms with Crippen LogP contribution in [0.3, 0.4) is 0 Å². The third-order valence-electron chi connectivity index (χ3n) is 5.66. The zero-order valence-electron chi connectivity index (χ0n) is 17.7. The lowest BCUT2D eigenvalue weighted by Crippen LogP contribution is -2.35. The quantitative estimate of drug-likeness (QED) is 0.383. The molecule has 0 saturated carbocycles. The summed E-state index contributed by atoms with van der Waals surface area (Å²) in [6, 6.07) is 12.1. The standard InChI is InChI=1S/C24H18ClF3N4OS/c25-17-7-3-15(4-8-17)23-29-18(13-34-23)11-32-10-9-20-19(12-32)22(33)31-21(30-20)14-1-5-16(6-2-14)24(26,27)28/h1-8,13H,9-12H2,(H,30,31,33). The summed E-state index contributed by atoms with van der Waals surface area (Å²) in [6.45, 7) is 1.73. The molecule has 0 aliphatic carbocycles. The van der Waals surface area contributed by atoms with Gasteiger partial charge >= 0.3 is 6.18 Å². The summed E-state index contributed by atoms with van der Waals surface area (Å²) >= 11 is 7.51. The van der Waals surface area contributed by atoms with Crippen LogP contribution >= 0.6 is 22.9 Å². The molecule has 0 saturated heterocycles. The summed E-state index contributed by atoms with van der Waals surface area (Å²) in [6.07, 6.45) is -3.84. The van der Waals surface area contributed by atoms with Crippen LogP contribution in [0.25, 0.3) is 22.0 Å². The lowest BCUT2D eigenvalue weighted by molar-refractivity contribution is -0.137.